The van der Waals surface area contributed by atoms with Crippen LogP contribution < -0.4 is 5.32 Å². The van der Waals surface area contributed by atoms with Crippen LogP contribution in [0.1, 0.15) is 21.0 Å². The van der Waals surface area contributed by atoms with Crippen LogP contribution in [0, 0.1) is 5.95 Å². The Morgan fingerprint density at radius 2 is 2.00 bits per heavy atom. The monoisotopic (exact) mass is 261 g/mol. The molecule has 0 aromatic carbocycles. The maximum atomic E-state index is 12.9. The Morgan fingerprint density at radius 1 is 1.21 bits per heavy atom. The molecular weight excluding hydrogens is 253 g/mol. The zero-order chi connectivity index (χ0) is 13.8. The number of aromatic nitrogens is 2. The normalized spacial score (nSPS) is 9.95. The summed E-state index contributed by atoms with van der Waals surface area (Å²) in [7, 11) is 0. The molecular formula is C12H8FN3O3. The number of nitrogens with zero attached hydrogens (tertiary/aromatic N) is 2. The molecule has 2 N–H and O–H groups in total. The lowest BCUT2D eigenvalue weighted by molar-refractivity contribution is 0.0690. The Balaban J connectivity index is 2.19. The predicted octanol–water partition coefficient (Wildman–Crippen LogP) is 1.57. The third kappa shape index (κ3) is 3.09. The van der Waals surface area contributed by atoms with Gasteiger partial charge in [0.2, 0.25) is 5.95 Å². The van der Waals surface area contributed by atoms with Crippen LogP contribution in [0.5, 0.6) is 0 Å². The second-order valence-electron chi connectivity index (χ2n) is 3.53. The minimum absolute atomic E-state index is 0.103. The van der Waals surface area contributed by atoms with E-state index in [0.29, 0.717) is 0 Å². The molecule has 2 aromatic rings. The van der Waals surface area contributed by atoms with Gasteiger partial charge >= 0.3 is 5.97 Å². The molecule has 0 spiro atoms. The molecule has 0 fully saturated rings. The highest BCUT2D eigenvalue weighted by atomic mass is 19.1. The molecule has 0 radical (unpaired) electrons. The molecule has 0 unspecified atom stereocenters. The van der Waals surface area contributed by atoms with Crippen LogP contribution >= 0.6 is 0 Å². The van der Waals surface area contributed by atoms with E-state index in [1.807, 2.05) is 0 Å². The molecule has 19 heavy (non-hydrogen) atoms. The maximum absolute atomic E-state index is 12.9. The predicted molar refractivity (Wildman–Crippen MR) is 63.3 cm³/mol. The second kappa shape index (κ2) is 5.21. The number of carbonyl (C=O) groups is 2. The van der Waals surface area contributed by atoms with Gasteiger partial charge in [0.25, 0.3) is 5.91 Å². The lowest BCUT2D eigenvalue weighted by Gasteiger charge is -2.05. The highest BCUT2D eigenvalue weighted by Gasteiger charge is 2.10. The lowest BCUT2D eigenvalue weighted by atomic mass is 10.3. The number of halogens is 1. The molecule has 0 bridgehead atoms. The molecule has 7 heteroatoms. The van der Waals surface area contributed by atoms with Gasteiger partial charge < -0.3 is 10.4 Å². The minimum Gasteiger partial charge on any atom is -0.477 e. The third-order valence-electron chi connectivity index (χ3n) is 2.18. The first-order valence-corrected chi connectivity index (χ1v) is 5.19. The van der Waals surface area contributed by atoms with E-state index in [1.165, 1.54) is 30.5 Å². The summed E-state index contributed by atoms with van der Waals surface area (Å²) in [5.74, 6) is -2.62. The van der Waals surface area contributed by atoms with Gasteiger partial charge in [-0.3, -0.25) is 4.79 Å². The van der Waals surface area contributed by atoms with Crippen LogP contribution in [0.3, 0.4) is 0 Å². The van der Waals surface area contributed by atoms with Crippen molar-refractivity contribution in [2.24, 2.45) is 0 Å². The number of hydrogen-bond acceptors (Lipinski definition) is 4. The Labute approximate surface area is 106 Å². The largest absolute Gasteiger partial charge is 0.477 e. The average Bonchev–Trinajstić information content (AvgIpc) is 2.39. The van der Waals surface area contributed by atoms with E-state index >= 15 is 0 Å². The van der Waals surface area contributed by atoms with Crippen LogP contribution in [0.25, 0.3) is 0 Å². The van der Waals surface area contributed by atoms with Gasteiger partial charge in [0.05, 0.1) is 0 Å². The average molecular weight is 261 g/mol. The van der Waals surface area contributed by atoms with Gasteiger partial charge in [-0.15, -0.1) is 0 Å². The number of pyridine rings is 2. The number of hydrogen-bond donors (Lipinski definition) is 2. The molecule has 0 atom stereocenters. The van der Waals surface area contributed by atoms with Gasteiger partial charge in [0.15, 0.2) is 0 Å². The van der Waals surface area contributed by atoms with Crippen molar-refractivity contribution in [3.05, 3.63) is 53.9 Å². The van der Waals surface area contributed by atoms with Crippen molar-refractivity contribution in [1.29, 1.82) is 0 Å². The highest BCUT2D eigenvalue weighted by Crippen LogP contribution is 2.10. The fourth-order valence-corrected chi connectivity index (χ4v) is 1.36. The summed E-state index contributed by atoms with van der Waals surface area (Å²) in [6.45, 7) is 0. The van der Waals surface area contributed by atoms with Gasteiger partial charge in [0.1, 0.15) is 11.4 Å². The molecule has 0 aliphatic rings. The Morgan fingerprint density at radius 3 is 2.68 bits per heavy atom. The van der Waals surface area contributed by atoms with Gasteiger partial charge in [-0.05, 0) is 24.3 Å². The second-order valence-corrected chi connectivity index (χ2v) is 3.53. The van der Waals surface area contributed by atoms with Gasteiger partial charge in [0, 0.05) is 11.9 Å². The maximum Gasteiger partial charge on any atom is 0.354 e. The zero-order valence-corrected chi connectivity index (χ0v) is 9.50. The smallest absolute Gasteiger partial charge is 0.354 e. The van der Waals surface area contributed by atoms with Gasteiger partial charge in [-0.25, -0.2) is 14.8 Å². The summed E-state index contributed by atoms with van der Waals surface area (Å²) in [6.07, 6.45) is 1.25. The molecule has 6 nitrogen and oxygen atoms in total. The van der Waals surface area contributed by atoms with Gasteiger partial charge in [-0.2, -0.15) is 4.39 Å². The molecule has 0 aliphatic carbocycles. The van der Waals surface area contributed by atoms with Crippen molar-refractivity contribution < 1.29 is 19.1 Å². The third-order valence-corrected chi connectivity index (χ3v) is 2.18. The Hall–Kier alpha value is -2.83. The first-order valence-electron chi connectivity index (χ1n) is 5.19. The molecule has 0 saturated heterocycles. The van der Waals surface area contributed by atoms with E-state index in [4.69, 9.17) is 5.11 Å². The van der Waals surface area contributed by atoms with Crippen molar-refractivity contribution in [1.82, 2.24) is 9.97 Å². The van der Waals surface area contributed by atoms with E-state index in [9.17, 15) is 14.0 Å². The van der Waals surface area contributed by atoms with Crippen LogP contribution in [0.4, 0.5) is 10.1 Å². The molecule has 1 amide bonds. The van der Waals surface area contributed by atoms with E-state index in [-0.39, 0.29) is 17.1 Å². The highest BCUT2D eigenvalue weighted by molar-refractivity contribution is 6.03. The number of aromatic carboxylic acids is 1. The van der Waals surface area contributed by atoms with E-state index in [1.54, 1.807) is 0 Å². The Bertz CT molecular complexity index is 646. The fraction of sp³-hybridized carbons (Fsp3) is 0. The first kappa shape index (κ1) is 12.6. The van der Waals surface area contributed by atoms with E-state index in [0.717, 1.165) is 6.07 Å². The summed E-state index contributed by atoms with van der Waals surface area (Å²) in [6, 6.07) is 6.43. The van der Waals surface area contributed by atoms with Gasteiger partial charge in [-0.1, -0.05) is 6.07 Å². The van der Waals surface area contributed by atoms with E-state index < -0.39 is 17.8 Å². The van der Waals surface area contributed by atoms with E-state index in [2.05, 4.69) is 15.3 Å². The SMILES string of the molecule is O=C(O)c1cc(NC(=O)c2cccc(F)n2)ccn1. The van der Waals surface area contributed by atoms with Crippen LogP contribution in [-0.2, 0) is 0 Å². The van der Waals surface area contributed by atoms with Crippen LogP contribution in [0.2, 0.25) is 0 Å². The van der Waals surface area contributed by atoms with Crippen molar-refractivity contribution in [2.75, 3.05) is 5.32 Å². The number of rotatable bonds is 3. The number of carboxylic acid groups (broad SMARTS) is 1. The molecule has 0 aliphatic heterocycles. The van der Waals surface area contributed by atoms with Crippen molar-refractivity contribution >= 4 is 17.6 Å². The van der Waals surface area contributed by atoms with Crippen LogP contribution in [0.15, 0.2) is 36.5 Å². The summed E-state index contributed by atoms with van der Waals surface area (Å²) in [4.78, 5) is 29.5. The molecule has 2 rings (SSSR count). The summed E-state index contributed by atoms with van der Waals surface area (Å²) >= 11 is 0. The molecule has 96 valence electrons. The summed E-state index contributed by atoms with van der Waals surface area (Å²) in [5.41, 5.74) is -0.0675. The topological polar surface area (TPSA) is 92.2 Å². The molecule has 0 saturated carbocycles. The number of carbonyl (C=O) groups excluding carboxylic acids is 1. The first-order chi connectivity index (χ1) is 9.06. The molecule has 2 heterocycles. The number of nitrogens with one attached hydrogen (secondary N) is 1. The zero-order valence-electron chi connectivity index (χ0n) is 9.50. The Kier molecular flexibility index (Phi) is 3.46. The summed E-state index contributed by atoms with van der Waals surface area (Å²) < 4.78 is 12.9. The number of carboxylic acids is 1. The van der Waals surface area contributed by atoms with Crippen molar-refractivity contribution in [2.45, 2.75) is 0 Å². The number of anilines is 1. The minimum atomic E-state index is -1.21. The van der Waals surface area contributed by atoms with Crippen molar-refractivity contribution in [3.8, 4) is 0 Å². The van der Waals surface area contributed by atoms with Crippen molar-refractivity contribution in [3.63, 3.8) is 0 Å². The molecule has 2 aromatic heterocycles. The number of amides is 1. The fourth-order valence-electron chi connectivity index (χ4n) is 1.36. The summed E-state index contributed by atoms with van der Waals surface area (Å²) in [5, 5.41) is 11.2. The quantitative estimate of drug-likeness (QED) is 0.818. The lowest BCUT2D eigenvalue weighted by Crippen LogP contribution is -2.14. The standard InChI is InChI=1S/C12H8FN3O3/c13-10-3-1-2-8(16-10)11(17)15-7-4-5-14-9(6-7)12(18)19/h1-6H,(H,18,19)(H,14,15,17). The van der Waals surface area contributed by atoms with Crippen LogP contribution in [-0.4, -0.2) is 27.0 Å².